The lowest BCUT2D eigenvalue weighted by atomic mass is 10.1. The number of phenols is 1. The Morgan fingerprint density at radius 2 is 1.72 bits per heavy atom. The monoisotopic (exact) mass is 351 g/mol. The third-order valence-electron chi connectivity index (χ3n) is 3.77. The summed E-state index contributed by atoms with van der Waals surface area (Å²) in [6, 6.07) is 17.8. The molecule has 1 N–H and O–H groups in total. The van der Waals surface area contributed by atoms with Gasteiger partial charge in [-0.05, 0) is 48.0 Å². The van der Waals surface area contributed by atoms with Gasteiger partial charge in [-0.3, -0.25) is 0 Å². The molecular formula is C19H14ClN3O2. The summed E-state index contributed by atoms with van der Waals surface area (Å²) < 4.78 is 7.54. The highest BCUT2D eigenvalue weighted by molar-refractivity contribution is 6.30. The minimum Gasteiger partial charge on any atom is -0.508 e. The van der Waals surface area contributed by atoms with Crippen molar-refractivity contribution in [2.24, 2.45) is 0 Å². The molecule has 0 amide bonds. The van der Waals surface area contributed by atoms with Gasteiger partial charge in [-0.15, -0.1) is 5.10 Å². The van der Waals surface area contributed by atoms with Gasteiger partial charge in [-0.1, -0.05) is 23.7 Å². The molecule has 0 bridgehead atoms. The van der Waals surface area contributed by atoms with Crippen LogP contribution in [0.15, 0.2) is 66.9 Å². The first-order chi connectivity index (χ1) is 12.2. The predicted molar refractivity (Wildman–Crippen MR) is 95.4 cm³/mol. The highest BCUT2D eigenvalue weighted by atomic mass is 35.5. The maximum absolute atomic E-state index is 9.39. The van der Waals surface area contributed by atoms with Gasteiger partial charge in [-0.2, -0.15) is 0 Å². The Kier molecular flexibility index (Phi) is 3.99. The molecule has 0 saturated heterocycles. The molecule has 0 aliphatic heterocycles. The van der Waals surface area contributed by atoms with Crippen LogP contribution in [0.5, 0.6) is 17.4 Å². The number of aromatic nitrogens is 3. The summed E-state index contributed by atoms with van der Waals surface area (Å²) in [6.07, 6.45) is 2.44. The van der Waals surface area contributed by atoms with Crippen molar-refractivity contribution in [3.63, 3.8) is 0 Å². The fourth-order valence-electron chi connectivity index (χ4n) is 2.53. The molecule has 0 atom stereocenters. The molecule has 0 radical (unpaired) electrons. The number of nitrogens with zero attached hydrogens (tertiary/aromatic N) is 3. The first-order valence-electron chi connectivity index (χ1n) is 7.72. The van der Waals surface area contributed by atoms with Crippen molar-refractivity contribution in [1.82, 2.24) is 14.6 Å². The third-order valence-corrected chi connectivity index (χ3v) is 4.02. The zero-order valence-corrected chi connectivity index (χ0v) is 13.9. The minimum atomic E-state index is 0.249. The van der Waals surface area contributed by atoms with Gasteiger partial charge >= 0.3 is 0 Å². The Hall–Kier alpha value is -3.05. The van der Waals surface area contributed by atoms with Crippen LogP contribution in [-0.4, -0.2) is 19.7 Å². The fraction of sp³-hybridized carbons (Fsp3) is 0.0526. The van der Waals surface area contributed by atoms with Gasteiger partial charge < -0.3 is 9.84 Å². The summed E-state index contributed by atoms with van der Waals surface area (Å²) >= 11 is 5.89. The van der Waals surface area contributed by atoms with Gasteiger partial charge in [0.15, 0.2) is 5.65 Å². The van der Waals surface area contributed by atoms with Crippen LogP contribution in [0.4, 0.5) is 0 Å². The molecule has 25 heavy (non-hydrogen) atoms. The molecule has 0 unspecified atom stereocenters. The molecule has 2 aromatic heterocycles. The second-order valence-electron chi connectivity index (χ2n) is 5.59. The average Bonchev–Trinajstić information content (AvgIpc) is 3.01. The van der Waals surface area contributed by atoms with Crippen molar-refractivity contribution in [3.8, 4) is 17.4 Å². The van der Waals surface area contributed by atoms with Crippen LogP contribution in [0.3, 0.4) is 0 Å². The van der Waals surface area contributed by atoms with E-state index in [1.165, 1.54) is 0 Å². The molecule has 0 aliphatic carbocycles. The molecular weight excluding hydrogens is 338 g/mol. The second-order valence-corrected chi connectivity index (χ2v) is 6.03. The largest absolute Gasteiger partial charge is 0.508 e. The molecule has 2 heterocycles. The van der Waals surface area contributed by atoms with Crippen molar-refractivity contribution in [2.45, 2.75) is 6.42 Å². The van der Waals surface area contributed by atoms with Crippen molar-refractivity contribution in [2.75, 3.05) is 0 Å². The van der Waals surface area contributed by atoms with E-state index in [0.717, 1.165) is 16.9 Å². The fourth-order valence-corrected chi connectivity index (χ4v) is 2.65. The van der Waals surface area contributed by atoms with E-state index in [1.807, 2.05) is 18.2 Å². The van der Waals surface area contributed by atoms with Gasteiger partial charge in [-0.25, -0.2) is 9.50 Å². The SMILES string of the molecule is Oc1ccc(Cc2cnc3ccc(Oc4ccc(Cl)cc4)nn23)cc1. The smallest absolute Gasteiger partial charge is 0.237 e. The topological polar surface area (TPSA) is 59.7 Å². The zero-order chi connectivity index (χ0) is 17.2. The maximum Gasteiger partial charge on any atom is 0.237 e. The molecule has 0 fully saturated rings. The average molecular weight is 352 g/mol. The summed E-state index contributed by atoms with van der Waals surface area (Å²) in [5.74, 6) is 1.38. The molecule has 0 aliphatic rings. The minimum absolute atomic E-state index is 0.249. The van der Waals surface area contributed by atoms with E-state index in [9.17, 15) is 5.11 Å². The molecule has 5 nitrogen and oxygen atoms in total. The van der Waals surface area contributed by atoms with E-state index < -0.39 is 0 Å². The lowest BCUT2D eigenvalue weighted by Crippen LogP contribution is -2.00. The van der Waals surface area contributed by atoms with Gasteiger partial charge in [0.05, 0.1) is 11.9 Å². The maximum atomic E-state index is 9.39. The van der Waals surface area contributed by atoms with Crippen molar-refractivity contribution >= 4 is 17.2 Å². The summed E-state index contributed by atoms with van der Waals surface area (Å²) in [4.78, 5) is 4.37. The summed E-state index contributed by atoms with van der Waals surface area (Å²) in [5.41, 5.74) is 2.74. The van der Waals surface area contributed by atoms with Gasteiger partial charge in [0, 0.05) is 17.5 Å². The van der Waals surface area contributed by atoms with Gasteiger partial charge in [0.25, 0.3) is 0 Å². The first kappa shape index (κ1) is 15.5. The Morgan fingerprint density at radius 1 is 0.960 bits per heavy atom. The highest BCUT2D eigenvalue weighted by Gasteiger charge is 2.08. The molecule has 4 rings (SSSR count). The van der Waals surface area contributed by atoms with Gasteiger partial charge in [0.2, 0.25) is 5.88 Å². The molecule has 0 spiro atoms. The number of benzene rings is 2. The van der Waals surface area contributed by atoms with Crippen LogP contribution in [0.25, 0.3) is 5.65 Å². The summed E-state index contributed by atoms with van der Waals surface area (Å²) in [7, 11) is 0. The lowest BCUT2D eigenvalue weighted by molar-refractivity contribution is 0.451. The standard InChI is InChI=1S/C19H14ClN3O2/c20-14-3-7-17(8-4-14)25-19-10-9-18-21-12-15(23(18)22-19)11-13-1-5-16(24)6-2-13/h1-10,12,24H,11H2. The molecule has 2 aromatic carbocycles. The van der Waals surface area contributed by atoms with E-state index in [0.29, 0.717) is 23.1 Å². The van der Waals surface area contributed by atoms with E-state index in [2.05, 4.69) is 10.1 Å². The summed E-state index contributed by atoms with van der Waals surface area (Å²) in [6.45, 7) is 0. The normalized spacial score (nSPS) is 10.9. The van der Waals surface area contributed by atoms with Crippen LogP contribution in [0, 0.1) is 0 Å². The van der Waals surface area contributed by atoms with Crippen LogP contribution >= 0.6 is 11.6 Å². The molecule has 6 heteroatoms. The van der Waals surface area contributed by atoms with E-state index >= 15 is 0 Å². The number of hydrogen-bond donors (Lipinski definition) is 1. The van der Waals surface area contributed by atoms with Crippen molar-refractivity contribution in [1.29, 1.82) is 0 Å². The number of imidazole rings is 1. The summed E-state index contributed by atoms with van der Waals surface area (Å²) in [5, 5.41) is 14.6. The number of hydrogen-bond acceptors (Lipinski definition) is 4. The van der Waals surface area contributed by atoms with Crippen LogP contribution in [-0.2, 0) is 6.42 Å². The second kappa shape index (κ2) is 6.45. The molecule has 0 saturated carbocycles. The van der Waals surface area contributed by atoms with Gasteiger partial charge in [0.1, 0.15) is 11.5 Å². The molecule has 4 aromatic rings. The first-order valence-corrected chi connectivity index (χ1v) is 8.10. The van der Waals surface area contributed by atoms with Crippen LogP contribution in [0.1, 0.15) is 11.3 Å². The highest BCUT2D eigenvalue weighted by Crippen LogP contribution is 2.22. The lowest BCUT2D eigenvalue weighted by Gasteiger charge is -2.06. The quantitative estimate of drug-likeness (QED) is 0.589. The Bertz CT molecular complexity index is 1010. The Morgan fingerprint density at radius 3 is 2.48 bits per heavy atom. The van der Waals surface area contributed by atoms with Crippen molar-refractivity contribution < 1.29 is 9.84 Å². The Labute approximate surface area is 149 Å². The number of ether oxygens (including phenoxy) is 1. The number of phenolic OH excluding ortho intramolecular Hbond substituents is 1. The van der Waals surface area contributed by atoms with E-state index in [1.54, 1.807) is 53.2 Å². The number of halogens is 1. The molecule has 124 valence electrons. The van der Waals surface area contributed by atoms with E-state index in [-0.39, 0.29) is 5.75 Å². The van der Waals surface area contributed by atoms with E-state index in [4.69, 9.17) is 16.3 Å². The van der Waals surface area contributed by atoms with Crippen molar-refractivity contribution in [3.05, 3.63) is 83.1 Å². The van der Waals surface area contributed by atoms with Crippen LogP contribution in [0.2, 0.25) is 5.02 Å². The number of fused-ring (bicyclic) bond motifs is 1. The predicted octanol–water partition coefficient (Wildman–Crippen LogP) is 4.47. The Balaban J connectivity index is 1.62. The zero-order valence-electron chi connectivity index (χ0n) is 13.1. The number of aromatic hydroxyl groups is 1. The number of rotatable bonds is 4. The third kappa shape index (κ3) is 3.41. The van der Waals surface area contributed by atoms with Crippen LogP contribution < -0.4 is 4.74 Å².